The van der Waals surface area contributed by atoms with Crippen LogP contribution in [-0.4, -0.2) is 66.9 Å². The summed E-state index contributed by atoms with van der Waals surface area (Å²) in [5, 5.41) is 6.64. The van der Waals surface area contributed by atoms with Gasteiger partial charge in [-0.1, -0.05) is 6.07 Å². The minimum atomic E-state index is -3.09. The van der Waals surface area contributed by atoms with E-state index in [2.05, 4.69) is 15.1 Å². The van der Waals surface area contributed by atoms with Crippen LogP contribution in [0.4, 0.5) is 14.5 Å². The van der Waals surface area contributed by atoms with Gasteiger partial charge in [0, 0.05) is 54.8 Å². The first-order valence-electron chi connectivity index (χ1n) is 11.9. The molecule has 5 rings (SSSR count). The molecule has 0 radical (unpaired) electrons. The molecule has 0 bridgehead atoms. The number of aromatic nitrogens is 2. The van der Waals surface area contributed by atoms with E-state index >= 15 is 8.78 Å². The Kier molecular flexibility index (Phi) is 6.57. The molecule has 10 heteroatoms. The largest absolute Gasteiger partial charge is 0.450 e. The van der Waals surface area contributed by atoms with Crippen LogP contribution in [-0.2, 0) is 10.7 Å². The number of furan rings is 1. The van der Waals surface area contributed by atoms with Crippen LogP contribution in [0.25, 0.3) is 22.5 Å². The average Bonchev–Trinajstić information content (AvgIpc) is 3.55. The van der Waals surface area contributed by atoms with Gasteiger partial charge >= 0.3 is 0 Å². The number of hydrogen-bond donors (Lipinski definition) is 2. The highest BCUT2D eigenvalue weighted by molar-refractivity contribution is 6.00. The lowest BCUT2D eigenvalue weighted by Gasteiger charge is -2.32. The molecular weight excluding hydrogens is 456 g/mol. The van der Waals surface area contributed by atoms with Gasteiger partial charge in [0.05, 0.1) is 31.5 Å². The highest BCUT2D eigenvalue weighted by Gasteiger charge is 2.36. The number of anilines is 1. The first-order chi connectivity index (χ1) is 16.9. The lowest BCUT2D eigenvalue weighted by Crippen LogP contribution is -2.42. The zero-order valence-electron chi connectivity index (χ0n) is 19.4. The highest BCUT2D eigenvalue weighted by Crippen LogP contribution is 2.41. The maximum absolute atomic E-state index is 15.5. The van der Waals surface area contributed by atoms with Crippen molar-refractivity contribution in [3.05, 3.63) is 48.0 Å². The molecule has 35 heavy (non-hydrogen) atoms. The molecule has 0 spiro atoms. The Hall–Kier alpha value is -3.24. The van der Waals surface area contributed by atoms with Crippen molar-refractivity contribution < 1.29 is 22.7 Å². The lowest BCUT2D eigenvalue weighted by molar-refractivity contribution is -0.0616. The third kappa shape index (κ3) is 4.94. The van der Waals surface area contributed by atoms with Crippen molar-refractivity contribution in [2.24, 2.45) is 5.73 Å². The van der Waals surface area contributed by atoms with Crippen LogP contribution in [0.2, 0.25) is 0 Å². The van der Waals surface area contributed by atoms with Gasteiger partial charge in [0.2, 0.25) is 0 Å². The Labute approximate surface area is 202 Å². The molecule has 0 unspecified atom stereocenters. The van der Waals surface area contributed by atoms with E-state index in [4.69, 9.17) is 14.9 Å². The molecule has 3 aromatic rings. The minimum Gasteiger partial charge on any atom is -0.450 e. The van der Waals surface area contributed by atoms with Crippen LogP contribution in [0.15, 0.2) is 41.1 Å². The van der Waals surface area contributed by atoms with E-state index in [1.54, 1.807) is 29.4 Å². The number of piperidine rings is 1. The molecule has 2 aliphatic rings. The van der Waals surface area contributed by atoms with Gasteiger partial charge in [-0.2, -0.15) is 13.9 Å². The van der Waals surface area contributed by atoms with Gasteiger partial charge in [-0.05, 0) is 37.5 Å². The van der Waals surface area contributed by atoms with E-state index in [-0.39, 0.29) is 11.3 Å². The number of amides is 1. The summed E-state index contributed by atoms with van der Waals surface area (Å²) in [6.07, 6.45) is 6.35. The number of carbonyl (C=O) groups excluding carboxylic acids is 1. The second-order valence-electron chi connectivity index (χ2n) is 9.08. The molecule has 2 saturated heterocycles. The van der Waals surface area contributed by atoms with Crippen LogP contribution in [0.5, 0.6) is 0 Å². The van der Waals surface area contributed by atoms with Crippen molar-refractivity contribution >= 4 is 11.6 Å². The number of nitrogens with zero attached hydrogens (tertiary/aromatic N) is 3. The number of ether oxygens (including phenoxy) is 1. The van der Waals surface area contributed by atoms with Gasteiger partial charge < -0.3 is 19.8 Å². The summed E-state index contributed by atoms with van der Waals surface area (Å²) in [6, 6.07) is 6.39. The van der Waals surface area contributed by atoms with Crippen LogP contribution in [0.3, 0.4) is 0 Å². The molecule has 0 atom stereocenters. The van der Waals surface area contributed by atoms with E-state index in [9.17, 15) is 4.79 Å². The zero-order valence-corrected chi connectivity index (χ0v) is 19.4. The molecule has 2 aromatic heterocycles. The fourth-order valence-corrected chi connectivity index (χ4v) is 4.82. The molecule has 2 fully saturated rings. The highest BCUT2D eigenvalue weighted by atomic mass is 19.3. The molecule has 1 aromatic carbocycles. The van der Waals surface area contributed by atoms with Crippen molar-refractivity contribution in [1.29, 1.82) is 0 Å². The second kappa shape index (κ2) is 9.79. The molecular formula is C25H29F2N5O3. The Morgan fingerprint density at radius 1 is 1.09 bits per heavy atom. The Bertz CT molecular complexity index is 1170. The van der Waals surface area contributed by atoms with E-state index in [1.807, 2.05) is 0 Å². The van der Waals surface area contributed by atoms with Crippen LogP contribution >= 0.6 is 0 Å². The van der Waals surface area contributed by atoms with Gasteiger partial charge in [0.15, 0.2) is 5.76 Å². The Morgan fingerprint density at radius 2 is 1.86 bits per heavy atom. The number of nitrogens with one attached hydrogen (secondary N) is 1. The average molecular weight is 486 g/mol. The predicted molar refractivity (Wildman–Crippen MR) is 127 cm³/mol. The summed E-state index contributed by atoms with van der Waals surface area (Å²) < 4.78 is 42.0. The predicted octanol–water partition coefficient (Wildman–Crippen LogP) is 3.85. The molecule has 0 saturated carbocycles. The number of morpholine rings is 1. The van der Waals surface area contributed by atoms with Crippen LogP contribution < -0.4 is 10.6 Å². The van der Waals surface area contributed by atoms with Crippen LogP contribution in [0, 0.1) is 0 Å². The van der Waals surface area contributed by atoms with E-state index in [0.29, 0.717) is 48.8 Å². The van der Waals surface area contributed by atoms with Crippen molar-refractivity contribution in [2.45, 2.75) is 25.2 Å². The summed E-state index contributed by atoms with van der Waals surface area (Å²) in [5.74, 6) is -3.52. The van der Waals surface area contributed by atoms with Gasteiger partial charge in [-0.25, -0.2) is 0 Å². The normalized spacial score (nSPS) is 17.6. The number of primary amides is 1. The van der Waals surface area contributed by atoms with E-state index < -0.39 is 18.4 Å². The maximum Gasteiger partial charge on any atom is 0.285 e. The van der Waals surface area contributed by atoms with Gasteiger partial charge in [-0.3, -0.25) is 14.8 Å². The fourth-order valence-electron chi connectivity index (χ4n) is 4.82. The Balaban J connectivity index is 1.59. The van der Waals surface area contributed by atoms with Crippen molar-refractivity contribution in [3.8, 4) is 22.5 Å². The third-order valence-corrected chi connectivity index (χ3v) is 6.67. The first kappa shape index (κ1) is 23.5. The summed E-state index contributed by atoms with van der Waals surface area (Å²) in [7, 11) is 0. The fraction of sp³-hybridized carbons (Fsp3) is 0.440. The number of carbonyl (C=O) groups is 1. The third-order valence-electron chi connectivity index (χ3n) is 6.67. The van der Waals surface area contributed by atoms with Crippen molar-refractivity contribution in [1.82, 2.24) is 15.1 Å². The summed E-state index contributed by atoms with van der Waals surface area (Å²) >= 11 is 0. The Morgan fingerprint density at radius 3 is 2.54 bits per heavy atom. The molecule has 2 aliphatic heterocycles. The number of alkyl halides is 2. The number of nitrogens with two attached hydrogens (primary N) is 1. The van der Waals surface area contributed by atoms with Gasteiger partial charge in [0.1, 0.15) is 5.76 Å². The topological polar surface area (TPSA) is 101 Å². The maximum atomic E-state index is 15.5. The molecule has 0 aliphatic carbocycles. The number of H-pyrrole nitrogens is 1. The monoisotopic (exact) mass is 485 g/mol. The number of aromatic amines is 1. The molecule has 1 amide bonds. The van der Waals surface area contributed by atoms with Gasteiger partial charge in [0.25, 0.3) is 11.8 Å². The molecule has 4 heterocycles. The first-order valence-corrected chi connectivity index (χ1v) is 11.9. The quantitative estimate of drug-likeness (QED) is 0.527. The number of hydrogen-bond acceptors (Lipinski definition) is 6. The van der Waals surface area contributed by atoms with Crippen molar-refractivity contribution in [2.75, 3.05) is 50.8 Å². The number of rotatable bonds is 7. The smallest absolute Gasteiger partial charge is 0.285 e. The summed E-state index contributed by atoms with van der Waals surface area (Å²) in [4.78, 5) is 16.2. The molecule has 186 valence electrons. The second-order valence-corrected chi connectivity index (χ2v) is 9.08. The number of halogens is 2. The number of benzene rings is 1. The summed E-state index contributed by atoms with van der Waals surface area (Å²) in [5.41, 5.74) is 7.88. The van der Waals surface area contributed by atoms with Crippen LogP contribution in [0.1, 0.15) is 35.4 Å². The summed E-state index contributed by atoms with van der Waals surface area (Å²) in [6.45, 7) is 3.06. The van der Waals surface area contributed by atoms with Crippen molar-refractivity contribution in [3.63, 3.8) is 0 Å². The van der Waals surface area contributed by atoms with E-state index in [0.717, 1.165) is 38.0 Å². The zero-order chi connectivity index (χ0) is 24.4. The SMILES string of the molecule is NC(=O)c1oc(-c2cn[nH]c2)cc1-c1cc(C(F)(F)CN2CCOCC2)ccc1N1CCCCC1. The van der Waals surface area contributed by atoms with Gasteiger partial charge in [-0.15, -0.1) is 0 Å². The lowest BCUT2D eigenvalue weighted by atomic mass is 9.95. The minimum absolute atomic E-state index is 0.0619. The standard InChI is InChI=1S/C25H29F2N5O3/c26-25(27,16-31-8-10-34-11-9-31)18-4-5-21(32-6-2-1-3-7-32)19(12-18)20-13-22(17-14-29-30-15-17)35-23(20)24(28)33/h4-5,12-15H,1-3,6-11,16H2,(H2,28,33)(H,29,30). The van der Waals surface area contributed by atoms with E-state index in [1.165, 1.54) is 12.1 Å². The molecule has 8 nitrogen and oxygen atoms in total. The molecule has 3 N–H and O–H groups in total.